The van der Waals surface area contributed by atoms with E-state index in [1.807, 2.05) is 6.92 Å². The van der Waals surface area contributed by atoms with Crippen LogP contribution in [0.5, 0.6) is 5.75 Å². The van der Waals surface area contributed by atoms with Crippen molar-refractivity contribution in [3.05, 3.63) is 41.7 Å². The summed E-state index contributed by atoms with van der Waals surface area (Å²) in [6, 6.07) is 4.42. The number of ether oxygens (including phenoxy) is 1. The second-order valence-electron chi connectivity index (χ2n) is 3.61. The van der Waals surface area contributed by atoms with Gasteiger partial charge in [-0.1, -0.05) is 6.58 Å². The summed E-state index contributed by atoms with van der Waals surface area (Å²) in [4.78, 5) is 0. The van der Waals surface area contributed by atoms with Crippen molar-refractivity contribution in [3.8, 4) is 5.75 Å². The van der Waals surface area contributed by atoms with Crippen LogP contribution in [0.2, 0.25) is 0 Å². The van der Waals surface area contributed by atoms with Crippen LogP contribution in [0, 0.1) is 5.82 Å². The molecular formula is C12H15FO2. The number of rotatable bonds is 4. The number of aliphatic hydroxyl groups is 1. The number of hydrogen-bond donors (Lipinski definition) is 1. The standard InChI is InChI=1S/C12H15FO2/c1-8(2)7-15-10-4-5-11(9(3)14)12(13)6-10/h4-6,9,14H,1,7H2,2-3H3. The van der Waals surface area contributed by atoms with Gasteiger partial charge in [-0.25, -0.2) is 4.39 Å². The van der Waals surface area contributed by atoms with Gasteiger partial charge in [0.15, 0.2) is 0 Å². The second-order valence-corrected chi connectivity index (χ2v) is 3.61. The van der Waals surface area contributed by atoms with E-state index in [-0.39, 0.29) is 5.56 Å². The van der Waals surface area contributed by atoms with Crippen molar-refractivity contribution in [1.82, 2.24) is 0 Å². The van der Waals surface area contributed by atoms with Crippen molar-refractivity contribution < 1.29 is 14.2 Å². The largest absolute Gasteiger partial charge is 0.489 e. The van der Waals surface area contributed by atoms with Gasteiger partial charge in [0.25, 0.3) is 0 Å². The lowest BCUT2D eigenvalue weighted by Crippen LogP contribution is -2.00. The molecule has 1 unspecified atom stereocenters. The highest BCUT2D eigenvalue weighted by atomic mass is 19.1. The molecule has 1 rings (SSSR count). The molecule has 0 aliphatic carbocycles. The van der Waals surface area contributed by atoms with Crippen LogP contribution in [0.4, 0.5) is 4.39 Å². The molecule has 3 heteroatoms. The normalized spacial score (nSPS) is 12.3. The molecule has 0 aromatic heterocycles. The predicted molar refractivity (Wildman–Crippen MR) is 57.3 cm³/mol. The fourth-order valence-electron chi connectivity index (χ4n) is 1.14. The zero-order valence-electron chi connectivity index (χ0n) is 8.96. The molecular weight excluding hydrogens is 195 g/mol. The third-order valence-corrected chi connectivity index (χ3v) is 1.91. The summed E-state index contributed by atoms with van der Waals surface area (Å²) in [7, 11) is 0. The van der Waals surface area contributed by atoms with E-state index in [1.165, 1.54) is 19.1 Å². The third-order valence-electron chi connectivity index (χ3n) is 1.91. The highest BCUT2D eigenvalue weighted by Gasteiger charge is 2.08. The molecule has 15 heavy (non-hydrogen) atoms. The molecule has 0 spiro atoms. The summed E-state index contributed by atoms with van der Waals surface area (Å²) >= 11 is 0. The molecule has 0 radical (unpaired) electrons. The first-order valence-corrected chi connectivity index (χ1v) is 4.75. The number of benzene rings is 1. The van der Waals surface area contributed by atoms with Gasteiger partial charge < -0.3 is 9.84 Å². The molecule has 0 heterocycles. The van der Waals surface area contributed by atoms with E-state index >= 15 is 0 Å². The van der Waals surface area contributed by atoms with Crippen LogP contribution >= 0.6 is 0 Å². The van der Waals surface area contributed by atoms with Crippen molar-refractivity contribution in [2.24, 2.45) is 0 Å². The van der Waals surface area contributed by atoms with Gasteiger partial charge >= 0.3 is 0 Å². The number of aliphatic hydroxyl groups excluding tert-OH is 1. The van der Waals surface area contributed by atoms with Gasteiger partial charge in [0.05, 0.1) is 6.10 Å². The Labute approximate surface area is 89.0 Å². The van der Waals surface area contributed by atoms with Gasteiger partial charge in [-0.2, -0.15) is 0 Å². The molecule has 0 fully saturated rings. The van der Waals surface area contributed by atoms with E-state index in [9.17, 15) is 9.50 Å². The maximum Gasteiger partial charge on any atom is 0.132 e. The minimum absolute atomic E-state index is 0.276. The molecule has 1 atom stereocenters. The fourth-order valence-corrected chi connectivity index (χ4v) is 1.14. The molecule has 0 amide bonds. The number of hydrogen-bond acceptors (Lipinski definition) is 2. The SMILES string of the molecule is C=C(C)COc1ccc(C(C)O)c(F)c1. The third kappa shape index (κ3) is 3.36. The summed E-state index contributed by atoms with van der Waals surface area (Å²) in [5.74, 6) is -0.0101. The van der Waals surface area contributed by atoms with Crippen molar-refractivity contribution in [3.63, 3.8) is 0 Å². The van der Waals surface area contributed by atoms with Crippen LogP contribution in [0.15, 0.2) is 30.4 Å². The van der Waals surface area contributed by atoms with Crippen LogP contribution in [-0.2, 0) is 0 Å². The Morgan fingerprint density at radius 3 is 2.73 bits per heavy atom. The lowest BCUT2D eigenvalue weighted by molar-refractivity contribution is 0.194. The van der Waals surface area contributed by atoms with Gasteiger partial charge in [0.2, 0.25) is 0 Å². The Bertz CT molecular complexity index is 359. The quantitative estimate of drug-likeness (QED) is 0.774. The Morgan fingerprint density at radius 1 is 1.60 bits per heavy atom. The Hall–Kier alpha value is -1.35. The first-order valence-electron chi connectivity index (χ1n) is 4.75. The van der Waals surface area contributed by atoms with Crippen molar-refractivity contribution in [1.29, 1.82) is 0 Å². The van der Waals surface area contributed by atoms with Gasteiger partial charge in [0, 0.05) is 11.6 Å². The van der Waals surface area contributed by atoms with Crippen LogP contribution < -0.4 is 4.74 Å². The summed E-state index contributed by atoms with van der Waals surface area (Å²) < 4.78 is 18.6. The fraction of sp³-hybridized carbons (Fsp3) is 0.333. The number of halogens is 1. The van der Waals surface area contributed by atoms with Gasteiger partial charge in [-0.05, 0) is 31.6 Å². The summed E-state index contributed by atoms with van der Waals surface area (Å²) in [6.45, 7) is 7.40. The summed E-state index contributed by atoms with van der Waals surface area (Å²) in [5, 5.41) is 9.22. The monoisotopic (exact) mass is 210 g/mol. The van der Waals surface area contributed by atoms with E-state index in [1.54, 1.807) is 6.07 Å². The summed E-state index contributed by atoms with van der Waals surface area (Å²) in [5.41, 5.74) is 1.15. The Balaban J connectivity index is 2.77. The summed E-state index contributed by atoms with van der Waals surface area (Å²) in [6.07, 6.45) is -0.805. The highest BCUT2D eigenvalue weighted by Crippen LogP contribution is 2.21. The topological polar surface area (TPSA) is 29.5 Å². The molecule has 0 aliphatic rings. The van der Waals surface area contributed by atoms with Gasteiger partial charge in [-0.15, -0.1) is 0 Å². The second kappa shape index (κ2) is 4.94. The minimum atomic E-state index is -0.805. The molecule has 0 bridgehead atoms. The van der Waals surface area contributed by atoms with Crippen LogP contribution in [0.1, 0.15) is 25.5 Å². The first kappa shape index (κ1) is 11.7. The molecule has 1 aromatic rings. The van der Waals surface area contributed by atoms with Crippen LogP contribution in [-0.4, -0.2) is 11.7 Å². The van der Waals surface area contributed by atoms with E-state index in [2.05, 4.69) is 6.58 Å². The van der Waals surface area contributed by atoms with E-state index < -0.39 is 11.9 Å². The average Bonchev–Trinajstić information content (AvgIpc) is 2.14. The molecule has 1 aromatic carbocycles. The van der Waals surface area contributed by atoms with E-state index in [0.29, 0.717) is 12.4 Å². The Morgan fingerprint density at radius 2 is 2.27 bits per heavy atom. The van der Waals surface area contributed by atoms with E-state index in [0.717, 1.165) is 5.57 Å². The zero-order valence-corrected chi connectivity index (χ0v) is 8.96. The highest BCUT2D eigenvalue weighted by molar-refractivity contribution is 5.30. The van der Waals surface area contributed by atoms with Crippen molar-refractivity contribution in [2.75, 3.05) is 6.61 Å². The van der Waals surface area contributed by atoms with Gasteiger partial charge in [-0.3, -0.25) is 0 Å². The van der Waals surface area contributed by atoms with E-state index in [4.69, 9.17) is 4.74 Å². The average molecular weight is 210 g/mol. The van der Waals surface area contributed by atoms with Crippen molar-refractivity contribution in [2.45, 2.75) is 20.0 Å². The molecule has 2 nitrogen and oxygen atoms in total. The molecule has 0 aliphatic heterocycles. The van der Waals surface area contributed by atoms with Crippen LogP contribution in [0.3, 0.4) is 0 Å². The maximum atomic E-state index is 13.4. The van der Waals surface area contributed by atoms with Crippen LogP contribution in [0.25, 0.3) is 0 Å². The molecule has 1 N–H and O–H groups in total. The first-order chi connectivity index (χ1) is 7.00. The predicted octanol–water partition coefficient (Wildman–Crippen LogP) is 2.83. The smallest absolute Gasteiger partial charge is 0.132 e. The zero-order chi connectivity index (χ0) is 11.4. The van der Waals surface area contributed by atoms with Crippen molar-refractivity contribution >= 4 is 0 Å². The lowest BCUT2D eigenvalue weighted by atomic mass is 10.1. The molecule has 0 saturated heterocycles. The lowest BCUT2D eigenvalue weighted by Gasteiger charge is -2.09. The Kier molecular flexibility index (Phi) is 3.86. The minimum Gasteiger partial charge on any atom is -0.489 e. The molecule has 0 saturated carbocycles. The molecule has 82 valence electrons. The van der Waals surface area contributed by atoms with Gasteiger partial charge in [0.1, 0.15) is 18.2 Å². The maximum absolute atomic E-state index is 13.4.